The van der Waals surface area contributed by atoms with E-state index in [1.807, 2.05) is 0 Å². The molecule has 84 valence electrons. The Kier molecular flexibility index (Phi) is 6.34. The summed E-state index contributed by atoms with van der Waals surface area (Å²) in [5.74, 6) is -1.04. The number of unbranched alkanes of at least 4 members (excludes halogenated alkanes) is 2. The predicted molar refractivity (Wildman–Crippen MR) is 43.2 cm³/mol. The van der Waals surface area contributed by atoms with Crippen molar-refractivity contribution in [2.75, 3.05) is 6.67 Å². The molecule has 0 aromatic heterocycles. The van der Waals surface area contributed by atoms with Gasteiger partial charge >= 0.3 is 16.4 Å². The maximum absolute atomic E-state index is 11.6. The van der Waals surface area contributed by atoms with Crippen LogP contribution in [0.1, 0.15) is 25.7 Å². The van der Waals surface area contributed by atoms with Crippen molar-refractivity contribution in [1.29, 1.82) is 0 Å². The Morgan fingerprint density at radius 3 is 2.43 bits per heavy atom. The number of carbonyl (C=O) groups excluding carboxylic acids is 1. The summed E-state index contributed by atoms with van der Waals surface area (Å²) in [6, 6.07) is 0. The second-order valence-corrected chi connectivity index (χ2v) is 3.57. The largest absolute Gasteiger partial charge is 0.478 e. The Bertz CT molecular complexity index is 261. The summed E-state index contributed by atoms with van der Waals surface area (Å²) < 4.78 is 38.9. The monoisotopic (exact) mass is 230 g/mol. The minimum absolute atomic E-state index is 0.164. The van der Waals surface area contributed by atoms with Crippen molar-refractivity contribution in [1.82, 2.24) is 0 Å². The Hall–Kier alpha value is -0.730. The fraction of sp³-hybridized carbons (Fsp3) is 0.833. The van der Waals surface area contributed by atoms with Crippen LogP contribution in [-0.4, -0.2) is 26.3 Å². The van der Waals surface area contributed by atoms with Crippen molar-refractivity contribution < 1.29 is 31.4 Å². The first-order valence-corrected chi connectivity index (χ1v) is 5.21. The first-order valence-electron chi connectivity index (χ1n) is 3.88. The molecule has 0 rings (SSSR count). The van der Waals surface area contributed by atoms with Crippen LogP contribution in [0.15, 0.2) is 0 Å². The molecule has 0 fully saturated rings. The number of halogens is 1. The molecule has 14 heavy (non-hydrogen) atoms. The van der Waals surface area contributed by atoms with Gasteiger partial charge in [-0.15, -0.1) is 0 Å². The lowest BCUT2D eigenvalue weighted by molar-refractivity contribution is -0.153. The smallest absolute Gasteiger partial charge is 0.323 e. The van der Waals surface area contributed by atoms with E-state index < -0.39 is 23.0 Å². The van der Waals surface area contributed by atoms with Crippen LogP contribution in [0.4, 0.5) is 4.39 Å². The summed E-state index contributed by atoms with van der Waals surface area (Å²) in [7, 11) is -4.63. The highest BCUT2D eigenvalue weighted by Gasteiger charge is 2.17. The molecular weight excluding hydrogens is 219 g/mol. The normalized spacial score (nSPS) is 11.3. The zero-order valence-electron chi connectivity index (χ0n) is 7.31. The summed E-state index contributed by atoms with van der Waals surface area (Å²) in [4.78, 5) is 10.7. The van der Waals surface area contributed by atoms with E-state index in [0.717, 1.165) is 0 Å². The van der Waals surface area contributed by atoms with Gasteiger partial charge in [0.25, 0.3) is 0 Å². The summed E-state index contributed by atoms with van der Waals surface area (Å²) in [5, 5.41) is 7.74. The van der Waals surface area contributed by atoms with Crippen LogP contribution in [0.25, 0.3) is 0 Å². The van der Waals surface area contributed by atoms with Crippen LogP contribution in [-0.2, 0) is 23.7 Å². The lowest BCUT2D eigenvalue weighted by Crippen LogP contribution is -2.14. The molecule has 0 aliphatic heterocycles. The highest BCUT2D eigenvalue weighted by molar-refractivity contribution is 7.82. The van der Waals surface area contributed by atoms with E-state index in [0.29, 0.717) is 19.3 Å². The van der Waals surface area contributed by atoms with E-state index in [9.17, 15) is 17.6 Å². The van der Waals surface area contributed by atoms with Gasteiger partial charge in [-0.2, -0.15) is 8.42 Å². The van der Waals surface area contributed by atoms with Gasteiger partial charge in [0.05, 0.1) is 6.67 Å². The SMILES string of the molecule is O=C(CCCCCF)OS(=O)(=O)OO. The summed E-state index contributed by atoms with van der Waals surface area (Å²) in [6.45, 7) is -0.479. The minimum atomic E-state index is -4.63. The number of hydrogen-bond acceptors (Lipinski definition) is 6. The summed E-state index contributed by atoms with van der Waals surface area (Å²) >= 11 is 0. The lowest BCUT2D eigenvalue weighted by atomic mass is 10.2. The topological polar surface area (TPSA) is 89.9 Å². The van der Waals surface area contributed by atoms with E-state index in [1.54, 1.807) is 0 Å². The van der Waals surface area contributed by atoms with Gasteiger partial charge < -0.3 is 4.18 Å². The van der Waals surface area contributed by atoms with Gasteiger partial charge in [0.15, 0.2) is 0 Å². The molecule has 1 N–H and O–H groups in total. The third-order valence-corrected chi connectivity index (χ3v) is 1.87. The van der Waals surface area contributed by atoms with E-state index in [1.165, 1.54) is 0 Å². The van der Waals surface area contributed by atoms with Crippen molar-refractivity contribution in [2.45, 2.75) is 25.7 Å². The Morgan fingerprint density at radius 1 is 1.29 bits per heavy atom. The Balaban J connectivity index is 3.66. The minimum Gasteiger partial charge on any atom is -0.323 e. The third-order valence-electron chi connectivity index (χ3n) is 1.30. The van der Waals surface area contributed by atoms with E-state index in [4.69, 9.17) is 5.26 Å². The third kappa shape index (κ3) is 6.75. The van der Waals surface area contributed by atoms with Crippen molar-refractivity contribution in [3.8, 4) is 0 Å². The second kappa shape index (κ2) is 6.68. The molecule has 0 aliphatic carbocycles. The molecule has 0 spiro atoms. The molecule has 0 atom stereocenters. The second-order valence-electron chi connectivity index (χ2n) is 2.44. The standard InChI is InChI=1S/C6H11FO6S/c7-5-3-1-2-4-6(8)12-14(10,11)13-9/h9H,1-5H2. The first-order chi connectivity index (χ1) is 6.52. The molecule has 6 nitrogen and oxygen atoms in total. The van der Waals surface area contributed by atoms with Gasteiger partial charge in [0.2, 0.25) is 0 Å². The van der Waals surface area contributed by atoms with Crippen LogP contribution in [0.3, 0.4) is 0 Å². The van der Waals surface area contributed by atoms with E-state index in [-0.39, 0.29) is 6.42 Å². The van der Waals surface area contributed by atoms with Gasteiger partial charge in [0, 0.05) is 6.42 Å². The maximum Gasteiger partial charge on any atom is 0.478 e. The highest BCUT2D eigenvalue weighted by Crippen LogP contribution is 2.04. The quantitative estimate of drug-likeness (QED) is 0.395. The molecule has 8 heteroatoms. The van der Waals surface area contributed by atoms with Gasteiger partial charge in [-0.25, -0.2) is 5.26 Å². The van der Waals surface area contributed by atoms with Gasteiger partial charge in [0.1, 0.15) is 0 Å². The molecular formula is C6H11FO6S. The zero-order chi connectivity index (χ0) is 11.0. The number of carbonyl (C=O) groups is 1. The van der Waals surface area contributed by atoms with E-state index >= 15 is 0 Å². The van der Waals surface area contributed by atoms with Crippen LogP contribution < -0.4 is 0 Å². The Morgan fingerprint density at radius 2 is 1.93 bits per heavy atom. The van der Waals surface area contributed by atoms with Gasteiger partial charge in [-0.3, -0.25) is 9.18 Å². The zero-order valence-corrected chi connectivity index (χ0v) is 8.13. The van der Waals surface area contributed by atoms with Crippen LogP contribution in [0, 0.1) is 0 Å². The molecule has 0 heterocycles. The molecule has 0 aromatic rings. The fourth-order valence-corrected chi connectivity index (χ4v) is 1.05. The van der Waals surface area contributed by atoms with Crippen molar-refractivity contribution in [2.24, 2.45) is 0 Å². The van der Waals surface area contributed by atoms with Crippen molar-refractivity contribution in [3.63, 3.8) is 0 Å². The van der Waals surface area contributed by atoms with Crippen LogP contribution in [0.5, 0.6) is 0 Å². The number of alkyl halides is 1. The number of rotatable bonds is 7. The summed E-state index contributed by atoms with van der Waals surface area (Å²) in [6.07, 6.45) is 0.939. The predicted octanol–water partition coefficient (Wildman–Crippen LogP) is 0.794. The molecule has 0 saturated heterocycles. The van der Waals surface area contributed by atoms with E-state index in [2.05, 4.69) is 8.52 Å². The average molecular weight is 230 g/mol. The summed E-state index contributed by atoms with van der Waals surface area (Å²) in [5.41, 5.74) is 0. The first kappa shape index (κ1) is 13.3. The highest BCUT2D eigenvalue weighted by atomic mass is 32.3. The van der Waals surface area contributed by atoms with Crippen molar-refractivity contribution >= 4 is 16.4 Å². The average Bonchev–Trinajstić information content (AvgIpc) is 2.12. The maximum atomic E-state index is 11.6. The molecule has 0 unspecified atom stereocenters. The molecule has 0 amide bonds. The molecule has 0 aliphatic rings. The van der Waals surface area contributed by atoms with Gasteiger partial charge in [-0.1, -0.05) is 10.8 Å². The van der Waals surface area contributed by atoms with Crippen molar-refractivity contribution in [3.05, 3.63) is 0 Å². The van der Waals surface area contributed by atoms with Crippen LogP contribution >= 0.6 is 0 Å². The van der Waals surface area contributed by atoms with Crippen LogP contribution in [0.2, 0.25) is 0 Å². The molecule has 0 aromatic carbocycles. The van der Waals surface area contributed by atoms with Gasteiger partial charge in [-0.05, 0) is 12.8 Å². The molecule has 0 bridgehead atoms. The Labute approximate surface area is 80.9 Å². The number of hydrogen-bond donors (Lipinski definition) is 1. The lowest BCUT2D eigenvalue weighted by Gasteiger charge is -2.00. The molecule has 0 saturated carbocycles. The fourth-order valence-electron chi connectivity index (χ4n) is 0.711. The molecule has 0 radical (unpaired) electrons.